The highest BCUT2D eigenvalue weighted by Gasteiger charge is 2.31. The number of rotatable bonds is 5. The van der Waals surface area contributed by atoms with Gasteiger partial charge in [-0.25, -0.2) is 18.1 Å². The van der Waals surface area contributed by atoms with Gasteiger partial charge in [0.2, 0.25) is 0 Å². The van der Waals surface area contributed by atoms with Gasteiger partial charge in [-0.3, -0.25) is 4.98 Å². The Balaban J connectivity index is 1.86. The molecule has 0 radical (unpaired) electrons. The van der Waals surface area contributed by atoms with Crippen LogP contribution in [0.25, 0.3) is 28.7 Å². The zero-order valence-electron chi connectivity index (χ0n) is 17.7. The standard InChI is InChI=1S/C20H15F3N8O2S/c1-3-34(32,33)16-7-14(31-11-12(8-24)9-27-31)10-26-17(16)19-29-28-18(30(19)2)15-6-13(4-5-25-15)20(21,22)23/h4-7,9-11H,3H2,1-2H3. The summed E-state index contributed by atoms with van der Waals surface area (Å²) in [5, 5.41) is 20.9. The Morgan fingerprint density at radius 3 is 2.50 bits per heavy atom. The van der Waals surface area contributed by atoms with Gasteiger partial charge in [-0.1, -0.05) is 6.92 Å². The smallest absolute Gasteiger partial charge is 0.307 e. The molecule has 0 saturated heterocycles. The van der Waals surface area contributed by atoms with Crippen molar-refractivity contribution in [1.82, 2.24) is 34.5 Å². The Bertz CT molecular complexity index is 1530. The quantitative estimate of drug-likeness (QED) is 0.419. The fraction of sp³-hybridized carbons (Fsp3) is 0.200. The van der Waals surface area contributed by atoms with Gasteiger partial charge in [0.05, 0.1) is 39.9 Å². The van der Waals surface area contributed by atoms with Crippen LogP contribution < -0.4 is 0 Å². The van der Waals surface area contributed by atoms with Crippen molar-refractivity contribution < 1.29 is 21.6 Å². The number of hydrogen-bond donors (Lipinski definition) is 0. The van der Waals surface area contributed by atoms with E-state index < -0.39 is 21.6 Å². The molecule has 4 aromatic rings. The minimum absolute atomic E-state index is 0.00226. The van der Waals surface area contributed by atoms with Gasteiger partial charge in [0, 0.05) is 19.4 Å². The first-order valence-electron chi connectivity index (χ1n) is 9.66. The maximum absolute atomic E-state index is 13.1. The van der Waals surface area contributed by atoms with E-state index in [1.165, 1.54) is 47.9 Å². The lowest BCUT2D eigenvalue weighted by Gasteiger charge is -2.11. The van der Waals surface area contributed by atoms with Gasteiger partial charge in [0.1, 0.15) is 17.5 Å². The molecule has 0 fully saturated rings. The van der Waals surface area contributed by atoms with Crippen molar-refractivity contribution in [1.29, 1.82) is 5.26 Å². The van der Waals surface area contributed by atoms with Crippen molar-refractivity contribution in [3.63, 3.8) is 0 Å². The monoisotopic (exact) mass is 488 g/mol. The fourth-order valence-corrected chi connectivity index (χ4v) is 4.18. The third-order valence-electron chi connectivity index (χ3n) is 4.93. The van der Waals surface area contributed by atoms with Crippen molar-refractivity contribution in [2.75, 3.05) is 5.75 Å². The Labute approximate surface area is 191 Å². The van der Waals surface area contributed by atoms with Crippen molar-refractivity contribution >= 4 is 9.84 Å². The van der Waals surface area contributed by atoms with E-state index in [9.17, 15) is 21.6 Å². The maximum atomic E-state index is 13.1. The summed E-state index contributed by atoms with van der Waals surface area (Å²) in [4.78, 5) is 8.03. The molecule has 0 N–H and O–H groups in total. The Kier molecular flexibility index (Phi) is 5.65. The van der Waals surface area contributed by atoms with E-state index in [4.69, 9.17) is 5.26 Å². The van der Waals surface area contributed by atoms with Gasteiger partial charge < -0.3 is 4.57 Å². The fourth-order valence-electron chi connectivity index (χ4n) is 3.13. The van der Waals surface area contributed by atoms with Crippen LogP contribution in [0, 0.1) is 11.3 Å². The first-order chi connectivity index (χ1) is 16.0. The molecule has 10 nitrogen and oxygen atoms in total. The predicted molar refractivity (Wildman–Crippen MR) is 112 cm³/mol. The topological polar surface area (TPSA) is 132 Å². The summed E-state index contributed by atoms with van der Waals surface area (Å²) in [7, 11) is -2.35. The largest absolute Gasteiger partial charge is 0.416 e. The molecule has 34 heavy (non-hydrogen) atoms. The van der Waals surface area contributed by atoms with Crippen LogP contribution in [0.15, 0.2) is 47.9 Å². The summed E-state index contributed by atoms with van der Waals surface area (Å²) >= 11 is 0. The normalized spacial score (nSPS) is 12.0. The van der Waals surface area contributed by atoms with Gasteiger partial charge >= 0.3 is 6.18 Å². The van der Waals surface area contributed by atoms with Gasteiger partial charge in [-0.05, 0) is 18.2 Å². The summed E-state index contributed by atoms with van der Waals surface area (Å²) in [6, 6.07) is 4.93. The molecule has 0 spiro atoms. The zero-order chi connectivity index (χ0) is 24.7. The van der Waals surface area contributed by atoms with Gasteiger partial charge in [0.15, 0.2) is 21.5 Å². The van der Waals surface area contributed by atoms with Crippen LogP contribution in [0.3, 0.4) is 0 Å². The van der Waals surface area contributed by atoms with E-state index in [1.807, 2.05) is 6.07 Å². The highest BCUT2D eigenvalue weighted by atomic mass is 32.2. The highest BCUT2D eigenvalue weighted by molar-refractivity contribution is 7.91. The molecule has 0 amide bonds. The minimum Gasteiger partial charge on any atom is -0.307 e. The number of nitriles is 1. The summed E-state index contributed by atoms with van der Waals surface area (Å²) in [6.45, 7) is 1.46. The first kappa shape index (κ1) is 23.1. The molecule has 0 aliphatic heterocycles. The Hall–Kier alpha value is -4.12. The number of hydrogen-bond acceptors (Lipinski definition) is 8. The van der Waals surface area contributed by atoms with Gasteiger partial charge in [-0.15, -0.1) is 10.2 Å². The van der Waals surface area contributed by atoms with Crippen LogP contribution in [0.5, 0.6) is 0 Å². The van der Waals surface area contributed by atoms with E-state index in [2.05, 4.69) is 25.3 Å². The molecule has 0 saturated carbocycles. The summed E-state index contributed by atoms with van der Waals surface area (Å²) in [5.41, 5.74) is -0.468. The summed E-state index contributed by atoms with van der Waals surface area (Å²) < 4.78 is 67.7. The number of sulfone groups is 1. The van der Waals surface area contributed by atoms with Crippen LogP contribution in [-0.2, 0) is 23.1 Å². The molecular formula is C20H15F3N8O2S. The minimum atomic E-state index is -4.57. The second kappa shape index (κ2) is 8.34. The number of alkyl halides is 3. The van der Waals surface area contributed by atoms with E-state index in [1.54, 1.807) is 0 Å². The van der Waals surface area contributed by atoms with Crippen molar-refractivity contribution in [2.24, 2.45) is 7.05 Å². The molecule has 0 atom stereocenters. The molecule has 0 aromatic carbocycles. The molecule has 0 bridgehead atoms. The molecule has 0 unspecified atom stereocenters. The van der Waals surface area contributed by atoms with Crippen LogP contribution in [0.2, 0.25) is 0 Å². The third kappa shape index (κ3) is 4.13. The number of aromatic nitrogens is 7. The Morgan fingerprint density at radius 1 is 1.12 bits per heavy atom. The predicted octanol–water partition coefficient (Wildman–Crippen LogP) is 2.81. The highest BCUT2D eigenvalue weighted by Crippen LogP contribution is 2.32. The van der Waals surface area contributed by atoms with E-state index in [-0.39, 0.29) is 39.2 Å². The molecule has 4 rings (SSSR count). The van der Waals surface area contributed by atoms with Crippen LogP contribution in [0.4, 0.5) is 13.2 Å². The molecule has 174 valence electrons. The lowest BCUT2D eigenvalue weighted by molar-refractivity contribution is -0.137. The average Bonchev–Trinajstić information content (AvgIpc) is 3.45. The average molecular weight is 488 g/mol. The number of pyridine rings is 2. The van der Waals surface area contributed by atoms with Crippen LogP contribution >= 0.6 is 0 Å². The lowest BCUT2D eigenvalue weighted by atomic mass is 10.2. The van der Waals surface area contributed by atoms with Gasteiger partial charge in [0.25, 0.3) is 0 Å². The van der Waals surface area contributed by atoms with Crippen LogP contribution in [0.1, 0.15) is 18.1 Å². The molecule has 4 heterocycles. The number of halogens is 3. The van der Waals surface area contributed by atoms with Crippen molar-refractivity contribution in [3.05, 3.63) is 54.1 Å². The first-order valence-corrected chi connectivity index (χ1v) is 11.3. The molecule has 14 heteroatoms. The van der Waals surface area contributed by atoms with Crippen molar-refractivity contribution in [3.8, 4) is 34.8 Å². The SMILES string of the molecule is CCS(=O)(=O)c1cc(-n2cc(C#N)cn2)cnc1-c1nnc(-c2cc(C(F)(F)F)ccn2)n1C. The van der Waals surface area contributed by atoms with E-state index in [0.29, 0.717) is 5.69 Å². The molecular weight excluding hydrogens is 473 g/mol. The molecule has 4 aromatic heterocycles. The maximum Gasteiger partial charge on any atom is 0.416 e. The second-order valence-corrected chi connectivity index (χ2v) is 9.31. The molecule has 0 aliphatic carbocycles. The summed E-state index contributed by atoms with van der Waals surface area (Å²) in [6.07, 6.45) is 0.510. The van der Waals surface area contributed by atoms with Gasteiger partial charge in [-0.2, -0.15) is 23.5 Å². The third-order valence-corrected chi connectivity index (χ3v) is 6.67. The number of nitrogens with zero attached hydrogens (tertiary/aromatic N) is 8. The zero-order valence-corrected chi connectivity index (χ0v) is 18.5. The second-order valence-electron chi connectivity index (χ2n) is 7.06. The Morgan fingerprint density at radius 2 is 1.85 bits per heavy atom. The van der Waals surface area contributed by atoms with Crippen LogP contribution in [-0.4, -0.2) is 48.7 Å². The van der Waals surface area contributed by atoms with E-state index in [0.717, 1.165) is 18.3 Å². The summed E-state index contributed by atoms with van der Waals surface area (Å²) in [5.74, 6) is -0.225. The lowest BCUT2D eigenvalue weighted by Crippen LogP contribution is -2.11. The van der Waals surface area contributed by atoms with E-state index >= 15 is 0 Å². The van der Waals surface area contributed by atoms with Crippen molar-refractivity contribution in [2.45, 2.75) is 18.0 Å². The molecule has 0 aliphatic rings.